The van der Waals surface area contributed by atoms with Crippen LogP contribution in [-0.4, -0.2) is 11.9 Å². The van der Waals surface area contributed by atoms with Crippen LogP contribution in [0.4, 0.5) is 0 Å². The van der Waals surface area contributed by atoms with Gasteiger partial charge in [0, 0.05) is 6.04 Å². The van der Waals surface area contributed by atoms with Gasteiger partial charge in [-0.2, -0.15) is 0 Å². The van der Waals surface area contributed by atoms with Crippen molar-refractivity contribution in [2.45, 2.75) is 78.4 Å². The lowest BCUT2D eigenvalue weighted by molar-refractivity contribution is -0.0728. The van der Waals surface area contributed by atoms with Crippen molar-refractivity contribution in [2.75, 3.05) is 0 Å². The molecule has 0 spiro atoms. The number of rotatable bonds is 7. The topological polar surface area (TPSA) is 51.5 Å². The van der Waals surface area contributed by atoms with E-state index in [1.54, 1.807) is 6.07 Å². The van der Waals surface area contributed by atoms with Gasteiger partial charge in [0.15, 0.2) is 5.76 Å². The number of aryl methyl sites for hydroxylation is 2. The molecule has 0 radical (unpaired) electrons. The van der Waals surface area contributed by atoms with Crippen LogP contribution < -0.4 is 10.1 Å². The van der Waals surface area contributed by atoms with Crippen molar-refractivity contribution >= 4 is 5.91 Å². The van der Waals surface area contributed by atoms with E-state index in [1.807, 2.05) is 18.2 Å². The van der Waals surface area contributed by atoms with Gasteiger partial charge in [-0.1, -0.05) is 13.0 Å². The Hall–Kier alpha value is -2.23. The fraction of sp³-hybridized carbons (Fsp3) is 0.593. The fourth-order valence-electron chi connectivity index (χ4n) is 7.06. The smallest absolute Gasteiger partial charge is 0.287 e. The molecule has 1 unspecified atom stereocenters. The highest BCUT2D eigenvalue weighted by atomic mass is 16.5. The lowest BCUT2D eigenvalue weighted by atomic mass is 9.47. The number of hydrogen-bond acceptors (Lipinski definition) is 3. The normalized spacial score (nSPS) is 29.7. The summed E-state index contributed by atoms with van der Waals surface area (Å²) in [6, 6.07) is 9.93. The summed E-state index contributed by atoms with van der Waals surface area (Å²) >= 11 is 0. The quantitative estimate of drug-likeness (QED) is 0.579. The van der Waals surface area contributed by atoms with Crippen LogP contribution in [-0.2, 0) is 6.61 Å². The molecule has 4 heteroatoms. The van der Waals surface area contributed by atoms with E-state index in [0.29, 0.717) is 23.5 Å². The molecule has 4 bridgehead atoms. The van der Waals surface area contributed by atoms with Gasteiger partial charge in [0.05, 0.1) is 0 Å². The zero-order chi connectivity index (χ0) is 21.6. The van der Waals surface area contributed by atoms with Gasteiger partial charge in [-0.05, 0) is 117 Å². The van der Waals surface area contributed by atoms with E-state index in [2.05, 4.69) is 32.2 Å². The summed E-state index contributed by atoms with van der Waals surface area (Å²) in [4.78, 5) is 13.0. The third kappa shape index (κ3) is 4.02. The fourth-order valence-corrected chi connectivity index (χ4v) is 7.06. The Kier molecular flexibility index (Phi) is 5.35. The summed E-state index contributed by atoms with van der Waals surface area (Å²) in [5.41, 5.74) is 2.75. The molecule has 4 saturated carbocycles. The molecule has 1 aromatic carbocycles. The van der Waals surface area contributed by atoms with Crippen LogP contribution in [0.3, 0.4) is 0 Å². The Balaban J connectivity index is 1.22. The molecule has 0 aliphatic heterocycles. The van der Waals surface area contributed by atoms with Crippen LogP contribution in [0.5, 0.6) is 5.75 Å². The minimum absolute atomic E-state index is 0.0833. The van der Waals surface area contributed by atoms with Crippen molar-refractivity contribution in [3.63, 3.8) is 0 Å². The second-order valence-corrected chi connectivity index (χ2v) is 10.5. The van der Waals surface area contributed by atoms with Crippen molar-refractivity contribution in [2.24, 2.45) is 23.2 Å². The highest BCUT2D eigenvalue weighted by Crippen LogP contribution is 2.61. The number of carbonyl (C=O) groups is 1. The number of amides is 1. The number of hydrogen-bond donors (Lipinski definition) is 1. The molecular weight excluding hydrogens is 386 g/mol. The van der Waals surface area contributed by atoms with Crippen molar-refractivity contribution in [1.82, 2.24) is 5.32 Å². The van der Waals surface area contributed by atoms with E-state index in [4.69, 9.17) is 9.15 Å². The van der Waals surface area contributed by atoms with Crippen molar-refractivity contribution in [3.8, 4) is 5.75 Å². The molecule has 2 aromatic rings. The zero-order valence-corrected chi connectivity index (χ0v) is 19.1. The van der Waals surface area contributed by atoms with Gasteiger partial charge in [0.1, 0.15) is 18.1 Å². The van der Waals surface area contributed by atoms with E-state index in [9.17, 15) is 4.79 Å². The Morgan fingerprint density at radius 3 is 2.35 bits per heavy atom. The van der Waals surface area contributed by atoms with E-state index in [0.717, 1.165) is 29.9 Å². The molecule has 6 rings (SSSR count). The monoisotopic (exact) mass is 421 g/mol. The van der Waals surface area contributed by atoms with Gasteiger partial charge >= 0.3 is 0 Å². The number of ether oxygens (including phenoxy) is 1. The first-order valence-corrected chi connectivity index (χ1v) is 12.0. The molecule has 4 fully saturated rings. The molecule has 4 nitrogen and oxygen atoms in total. The summed E-state index contributed by atoms with van der Waals surface area (Å²) in [5, 5.41) is 3.37. The maximum atomic E-state index is 13.0. The van der Waals surface area contributed by atoms with Crippen LogP contribution in [0, 0.1) is 37.0 Å². The molecule has 166 valence electrons. The zero-order valence-electron chi connectivity index (χ0n) is 19.1. The van der Waals surface area contributed by atoms with Crippen LogP contribution in [0.2, 0.25) is 0 Å². The molecule has 0 saturated heterocycles. The van der Waals surface area contributed by atoms with Crippen molar-refractivity contribution in [3.05, 3.63) is 53.0 Å². The summed E-state index contributed by atoms with van der Waals surface area (Å²) in [6.07, 6.45) is 9.14. The van der Waals surface area contributed by atoms with Crippen molar-refractivity contribution < 1.29 is 13.9 Å². The standard InChI is InChI=1S/C27H35NO3/c1-4-25(27-13-19-10-20(14-27)12-21(11-19)15-27)28-26(29)24-8-7-23(31-24)16-30-22-6-5-17(2)18(3)9-22/h5-9,19-21,25H,4,10-16H2,1-3H3,(H,28,29). The van der Waals surface area contributed by atoms with Gasteiger partial charge in [-0.15, -0.1) is 0 Å². The van der Waals surface area contributed by atoms with Crippen molar-refractivity contribution in [1.29, 1.82) is 0 Å². The van der Waals surface area contributed by atoms with Crippen LogP contribution in [0.1, 0.15) is 79.3 Å². The van der Waals surface area contributed by atoms with Crippen LogP contribution in [0.25, 0.3) is 0 Å². The number of furan rings is 1. The molecule has 1 aromatic heterocycles. The minimum Gasteiger partial charge on any atom is -0.486 e. The molecular formula is C27H35NO3. The van der Waals surface area contributed by atoms with Crippen LogP contribution in [0.15, 0.2) is 34.7 Å². The number of nitrogens with one attached hydrogen (secondary N) is 1. The molecule has 1 atom stereocenters. The van der Waals surface area contributed by atoms with E-state index >= 15 is 0 Å². The Morgan fingerprint density at radius 2 is 1.74 bits per heavy atom. The second kappa shape index (κ2) is 8.03. The third-order valence-corrected chi connectivity index (χ3v) is 8.28. The summed E-state index contributed by atoms with van der Waals surface area (Å²) < 4.78 is 11.7. The van der Waals surface area contributed by atoms with E-state index in [-0.39, 0.29) is 11.9 Å². The molecule has 31 heavy (non-hydrogen) atoms. The minimum atomic E-state index is -0.0833. The number of benzene rings is 1. The summed E-state index contributed by atoms with van der Waals surface area (Å²) in [6.45, 7) is 6.70. The van der Waals surface area contributed by atoms with Gasteiger partial charge in [-0.3, -0.25) is 4.79 Å². The summed E-state index contributed by atoms with van der Waals surface area (Å²) in [5.74, 6) is 4.45. The Labute approximate surface area is 185 Å². The first-order valence-electron chi connectivity index (χ1n) is 12.0. The lowest BCUT2D eigenvalue weighted by Crippen LogP contribution is -2.56. The third-order valence-electron chi connectivity index (χ3n) is 8.28. The highest BCUT2D eigenvalue weighted by Gasteiger charge is 2.54. The average Bonchev–Trinajstić information content (AvgIpc) is 3.21. The SMILES string of the molecule is CCC(NC(=O)c1ccc(COc2ccc(C)c(C)c2)o1)C12CC3CC(CC(C3)C1)C2. The molecule has 1 heterocycles. The van der Waals surface area contributed by atoms with Gasteiger partial charge in [0.25, 0.3) is 5.91 Å². The van der Waals surface area contributed by atoms with E-state index < -0.39 is 0 Å². The predicted octanol–water partition coefficient (Wildman–Crippen LogP) is 6.20. The van der Waals surface area contributed by atoms with Crippen LogP contribution >= 0.6 is 0 Å². The first kappa shape index (κ1) is 20.7. The Morgan fingerprint density at radius 1 is 1.06 bits per heavy atom. The van der Waals surface area contributed by atoms with E-state index in [1.165, 1.54) is 49.7 Å². The molecule has 4 aliphatic rings. The molecule has 1 amide bonds. The lowest BCUT2D eigenvalue weighted by Gasteiger charge is -2.59. The largest absolute Gasteiger partial charge is 0.486 e. The summed E-state index contributed by atoms with van der Waals surface area (Å²) in [7, 11) is 0. The highest BCUT2D eigenvalue weighted by molar-refractivity contribution is 5.91. The Bertz CT molecular complexity index is 924. The molecule has 4 aliphatic carbocycles. The van der Waals surface area contributed by atoms with Gasteiger partial charge in [0.2, 0.25) is 0 Å². The maximum Gasteiger partial charge on any atom is 0.287 e. The van der Waals surface area contributed by atoms with Gasteiger partial charge in [-0.25, -0.2) is 0 Å². The second-order valence-electron chi connectivity index (χ2n) is 10.5. The predicted molar refractivity (Wildman–Crippen MR) is 121 cm³/mol. The number of carbonyl (C=O) groups excluding carboxylic acids is 1. The first-order chi connectivity index (χ1) is 14.9. The van der Waals surface area contributed by atoms with Gasteiger partial charge < -0.3 is 14.5 Å². The maximum absolute atomic E-state index is 13.0. The molecule has 1 N–H and O–H groups in total. The average molecular weight is 422 g/mol.